The second kappa shape index (κ2) is 9.44. The van der Waals surface area contributed by atoms with Gasteiger partial charge in [0.2, 0.25) is 0 Å². The first-order valence-corrected chi connectivity index (χ1v) is 9.80. The standard InChI is InChI=1S/C14H24O14S/c1-4-6(15)9(24-2)5(3-25-29(21,22)23)26-14(4)28-10-7(16)8(17)13(20)27-11(10)12(18)19/h4-11,13-17,20H,3H2,1-2H3,(H,18,19)(H,21,22,23)/t4?,5?,6-,7-,8?,9-,10+,11?,13?,14-/m1/s1. The quantitative estimate of drug-likeness (QED) is 0.208. The molecule has 29 heavy (non-hydrogen) atoms. The van der Waals surface area contributed by atoms with Gasteiger partial charge in [-0.2, -0.15) is 8.42 Å². The highest BCUT2D eigenvalue weighted by atomic mass is 32.3. The smallest absolute Gasteiger partial charge is 0.397 e. The van der Waals surface area contributed by atoms with Crippen molar-refractivity contribution in [3.63, 3.8) is 0 Å². The lowest BCUT2D eigenvalue weighted by Gasteiger charge is -2.46. The second-order valence-corrected chi connectivity index (χ2v) is 7.76. The molecular weight excluding hydrogens is 424 g/mol. The number of aliphatic hydroxyl groups is 4. The fourth-order valence-corrected chi connectivity index (χ4v) is 3.45. The minimum atomic E-state index is -4.83. The molecule has 0 aromatic carbocycles. The number of hydrogen-bond acceptors (Lipinski definition) is 12. The van der Waals surface area contributed by atoms with E-state index in [-0.39, 0.29) is 0 Å². The van der Waals surface area contributed by atoms with Gasteiger partial charge in [0.25, 0.3) is 0 Å². The van der Waals surface area contributed by atoms with Gasteiger partial charge in [0.05, 0.1) is 12.7 Å². The van der Waals surface area contributed by atoms with Gasteiger partial charge in [-0.05, 0) is 0 Å². The molecular formula is C14H24O14S. The van der Waals surface area contributed by atoms with Crippen LogP contribution in [0.4, 0.5) is 0 Å². The Morgan fingerprint density at radius 2 is 1.66 bits per heavy atom. The van der Waals surface area contributed by atoms with Crippen LogP contribution in [0.1, 0.15) is 6.92 Å². The van der Waals surface area contributed by atoms with Crippen LogP contribution in [0.25, 0.3) is 0 Å². The van der Waals surface area contributed by atoms with Crippen LogP contribution in [-0.2, 0) is 38.3 Å². The summed E-state index contributed by atoms with van der Waals surface area (Å²) in [6.07, 6.45) is -14.5. The maximum atomic E-state index is 11.4. The Kier molecular flexibility index (Phi) is 7.91. The van der Waals surface area contributed by atoms with Crippen molar-refractivity contribution >= 4 is 16.4 Å². The first-order chi connectivity index (χ1) is 13.4. The highest BCUT2D eigenvalue weighted by Gasteiger charge is 2.52. The van der Waals surface area contributed by atoms with E-state index in [1.165, 1.54) is 14.0 Å². The van der Waals surface area contributed by atoms with Crippen molar-refractivity contribution in [3.05, 3.63) is 0 Å². The summed E-state index contributed by atoms with van der Waals surface area (Å²) in [4.78, 5) is 11.4. The summed E-state index contributed by atoms with van der Waals surface area (Å²) in [5.74, 6) is -2.49. The summed E-state index contributed by atoms with van der Waals surface area (Å²) in [6, 6.07) is 0. The number of rotatable bonds is 7. The van der Waals surface area contributed by atoms with Crippen molar-refractivity contribution < 1.29 is 66.4 Å². The molecule has 14 nitrogen and oxygen atoms in total. The van der Waals surface area contributed by atoms with Crippen molar-refractivity contribution in [2.24, 2.45) is 5.92 Å². The van der Waals surface area contributed by atoms with E-state index >= 15 is 0 Å². The van der Waals surface area contributed by atoms with Crippen LogP contribution in [-0.4, -0.2) is 113 Å². The van der Waals surface area contributed by atoms with Gasteiger partial charge < -0.3 is 44.5 Å². The molecule has 2 fully saturated rings. The Morgan fingerprint density at radius 3 is 2.17 bits per heavy atom. The maximum absolute atomic E-state index is 11.4. The monoisotopic (exact) mass is 448 g/mol. The van der Waals surface area contributed by atoms with Crippen molar-refractivity contribution in [3.8, 4) is 0 Å². The molecule has 2 saturated heterocycles. The SMILES string of the molecule is CO[C@@H]1C(COS(=O)(=O)O)O[C@H](O[C@@H]2C(C(=O)O)OC(O)C(O)[C@H]2O)C(C)[C@H]1O. The molecule has 10 atom stereocenters. The van der Waals surface area contributed by atoms with Crippen LogP contribution < -0.4 is 0 Å². The predicted octanol–water partition coefficient (Wildman–Crippen LogP) is -3.55. The van der Waals surface area contributed by atoms with Crippen LogP contribution in [0.3, 0.4) is 0 Å². The van der Waals surface area contributed by atoms with Crippen LogP contribution in [0, 0.1) is 5.92 Å². The number of hydrogen-bond donors (Lipinski definition) is 6. The fourth-order valence-electron chi connectivity index (χ4n) is 3.14. The molecule has 0 aromatic rings. The van der Waals surface area contributed by atoms with E-state index in [0.29, 0.717) is 0 Å². The molecule has 15 heteroatoms. The molecule has 0 aromatic heterocycles. The normalized spacial score (nSPS) is 43.8. The van der Waals surface area contributed by atoms with E-state index in [2.05, 4.69) is 4.18 Å². The molecule has 2 aliphatic heterocycles. The first-order valence-electron chi connectivity index (χ1n) is 8.43. The van der Waals surface area contributed by atoms with E-state index in [4.69, 9.17) is 23.5 Å². The number of aliphatic carboxylic acids is 1. The van der Waals surface area contributed by atoms with Crippen LogP contribution in [0.15, 0.2) is 0 Å². The van der Waals surface area contributed by atoms with Gasteiger partial charge in [-0.1, -0.05) is 6.92 Å². The van der Waals surface area contributed by atoms with E-state index in [0.717, 1.165) is 0 Å². The average Bonchev–Trinajstić information content (AvgIpc) is 2.63. The lowest BCUT2D eigenvalue weighted by molar-refractivity contribution is -0.342. The molecule has 2 aliphatic rings. The number of carboxylic acid groups (broad SMARTS) is 1. The molecule has 5 unspecified atom stereocenters. The Bertz CT molecular complexity index is 669. The zero-order chi connectivity index (χ0) is 22.1. The van der Waals surface area contributed by atoms with Crippen molar-refractivity contribution in [1.29, 1.82) is 0 Å². The summed E-state index contributed by atoms with van der Waals surface area (Å²) in [7, 11) is -3.62. The molecule has 2 heterocycles. The zero-order valence-electron chi connectivity index (χ0n) is 15.3. The summed E-state index contributed by atoms with van der Waals surface area (Å²) in [6.45, 7) is 0.673. The molecule has 170 valence electrons. The average molecular weight is 448 g/mol. The number of carboxylic acids is 1. The molecule has 0 aliphatic carbocycles. The van der Waals surface area contributed by atoms with Gasteiger partial charge in [0, 0.05) is 13.0 Å². The van der Waals surface area contributed by atoms with Crippen molar-refractivity contribution in [2.45, 2.75) is 62.2 Å². The van der Waals surface area contributed by atoms with Gasteiger partial charge in [-0.15, -0.1) is 0 Å². The molecule has 0 amide bonds. The summed E-state index contributed by atoms with van der Waals surface area (Å²) < 4.78 is 55.4. The Morgan fingerprint density at radius 1 is 1.03 bits per heavy atom. The van der Waals surface area contributed by atoms with E-state index < -0.39 is 84.2 Å². The highest BCUT2D eigenvalue weighted by Crippen LogP contribution is 2.32. The summed E-state index contributed by atoms with van der Waals surface area (Å²) >= 11 is 0. The van der Waals surface area contributed by atoms with Crippen molar-refractivity contribution in [2.75, 3.05) is 13.7 Å². The summed E-state index contributed by atoms with van der Waals surface area (Å²) in [5, 5.41) is 49.0. The lowest BCUT2D eigenvalue weighted by Crippen LogP contribution is -2.63. The third-order valence-electron chi connectivity index (χ3n) is 4.73. The number of methoxy groups -OCH3 is 1. The van der Waals surface area contributed by atoms with Gasteiger partial charge in [-0.25, -0.2) is 8.98 Å². The third-order valence-corrected chi connectivity index (χ3v) is 5.17. The first kappa shape index (κ1) is 24.3. The van der Waals surface area contributed by atoms with E-state index in [1.54, 1.807) is 0 Å². The second-order valence-electron chi connectivity index (χ2n) is 6.67. The Labute approximate surface area is 165 Å². The van der Waals surface area contributed by atoms with Crippen molar-refractivity contribution in [1.82, 2.24) is 0 Å². The fraction of sp³-hybridized carbons (Fsp3) is 0.929. The third kappa shape index (κ3) is 5.59. The molecule has 0 bridgehead atoms. The van der Waals surface area contributed by atoms with Gasteiger partial charge in [0.1, 0.15) is 30.5 Å². The molecule has 2 rings (SSSR count). The predicted molar refractivity (Wildman–Crippen MR) is 87.5 cm³/mol. The number of carbonyl (C=O) groups is 1. The van der Waals surface area contributed by atoms with Crippen LogP contribution in [0.5, 0.6) is 0 Å². The minimum Gasteiger partial charge on any atom is -0.479 e. The zero-order valence-corrected chi connectivity index (χ0v) is 16.2. The number of ether oxygens (including phenoxy) is 4. The summed E-state index contributed by atoms with van der Waals surface area (Å²) in [5.41, 5.74) is 0. The van der Waals surface area contributed by atoms with Gasteiger partial charge in [-0.3, -0.25) is 4.55 Å². The highest BCUT2D eigenvalue weighted by molar-refractivity contribution is 7.80. The molecule has 0 radical (unpaired) electrons. The van der Waals surface area contributed by atoms with Gasteiger partial charge in [0.15, 0.2) is 18.7 Å². The molecule has 6 N–H and O–H groups in total. The minimum absolute atomic E-state index is 0.769. The largest absolute Gasteiger partial charge is 0.479 e. The van der Waals surface area contributed by atoms with Crippen LogP contribution in [0.2, 0.25) is 0 Å². The van der Waals surface area contributed by atoms with Crippen LogP contribution >= 0.6 is 0 Å². The topological polar surface area (TPSA) is 219 Å². The van der Waals surface area contributed by atoms with Gasteiger partial charge >= 0.3 is 16.4 Å². The van der Waals surface area contributed by atoms with E-state index in [1.807, 2.05) is 0 Å². The lowest BCUT2D eigenvalue weighted by atomic mass is 9.91. The molecule has 0 spiro atoms. The Balaban J connectivity index is 2.21. The number of aliphatic hydroxyl groups excluding tert-OH is 4. The molecule has 0 saturated carbocycles. The van der Waals surface area contributed by atoms with E-state index in [9.17, 15) is 38.7 Å². The maximum Gasteiger partial charge on any atom is 0.397 e. The Hall–Kier alpha value is -0.980.